The van der Waals surface area contributed by atoms with E-state index >= 15 is 0 Å². The zero-order valence-corrected chi connectivity index (χ0v) is 22.0. The summed E-state index contributed by atoms with van der Waals surface area (Å²) in [6, 6.07) is 34.2. The largest absolute Gasteiger partial charge is 0.342 e. The number of aromatic nitrogens is 1. The Hall–Kier alpha value is -5.28. The molecule has 2 heterocycles. The van der Waals surface area contributed by atoms with Gasteiger partial charge < -0.3 is 4.57 Å². The number of nitriles is 1. The van der Waals surface area contributed by atoms with Crippen molar-refractivity contribution in [3.63, 3.8) is 0 Å². The molecule has 1 fully saturated rings. The summed E-state index contributed by atoms with van der Waals surface area (Å²) in [5, 5.41) is 16.2. The molecule has 2 amide bonds. The number of fused-ring (bicyclic) bond motifs is 1. The first-order valence-electron chi connectivity index (χ1n) is 13.8. The predicted octanol–water partition coefficient (Wildman–Crippen LogP) is 5.79. The molecule has 1 aromatic heterocycles. The van der Waals surface area contributed by atoms with Gasteiger partial charge in [-0.3, -0.25) is 9.59 Å². The zero-order chi connectivity index (χ0) is 27.7. The standard InChI is InChI=1S/C35H24N4O2/c36-17-21-9-1-2-10-22(21)19-38-20-23(24-11-7-8-16-29(24)38)18-37-39-34(40)32-30-25-12-3-4-13-26(25)31(33(32)35(39)41)28-15-6-5-14-27(28)30/h1-16,18,20,30-33H,19H2/b37-18-/t30?,31?,32-,33+. The highest BCUT2D eigenvalue weighted by Crippen LogP contribution is 2.60. The summed E-state index contributed by atoms with van der Waals surface area (Å²) in [5.41, 5.74) is 7.92. The quantitative estimate of drug-likeness (QED) is 0.217. The second-order valence-electron chi connectivity index (χ2n) is 11.0. The molecule has 3 aliphatic carbocycles. The number of hydrogen-bond acceptors (Lipinski definition) is 4. The number of para-hydroxylation sites is 1. The first-order chi connectivity index (χ1) is 20.2. The van der Waals surface area contributed by atoms with Crippen LogP contribution < -0.4 is 0 Å². The Morgan fingerprint density at radius 1 is 0.732 bits per heavy atom. The number of carbonyl (C=O) groups excluding carboxylic acids is 2. The van der Waals surface area contributed by atoms with Crippen LogP contribution in [0.15, 0.2) is 108 Å². The third kappa shape index (κ3) is 3.33. The minimum Gasteiger partial charge on any atom is -0.342 e. The molecule has 4 aliphatic rings. The van der Waals surface area contributed by atoms with Crippen LogP contribution in [0.3, 0.4) is 0 Å². The maximum Gasteiger partial charge on any atom is 0.254 e. The van der Waals surface area contributed by atoms with E-state index in [0.29, 0.717) is 12.1 Å². The summed E-state index contributed by atoms with van der Waals surface area (Å²) in [6.45, 7) is 0.518. The van der Waals surface area contributed by atoms with Crippen LogP contribution in [-0.2, 0) is 16.1 Å². The normalized spacial score (nSPS) is 22.2. The second-order valence-corrected chi connectivity index (χ2v) is 11.0. The van der Waals surface area contributed by atoms with Gasteiger partial charge in [-0.25, -0.2) is 0 Å². The number of nitrogens with zero attached hydrogens (tertiary/aromatic N) is 4. The van der Waals surface area contributed by atoms with E-state index < -0.39 is 11.8 Å². The van der Waals surface area contributed by atoms with Crippen molar-refractivity contribution in [3.8, 4) is 6.07 Å². The van der Waals surface area contributed by atoms with Crippen LogP contribution in [-0.4, -0.2) is 27.6 Å². The van der Waals surface area contributed by atoms with Crippen LogP contribution in [0.2, 0.25) is 0 Å². The van der Waals surface area contributed by atoms with Gasteiger partial charge in [-0.15, -0.1) is 0 Å². The van der Waals surface area contributed by atoms with Gasteiger partial charge in [0.1, 0.15) is 0 Å². The molecule has 0 unspecified atom stereocenters. The van der Waals surface area contributed by atoms with Crippen LogP contribution >= 0.6 is 0 Å². The number of amides is 2. The SMILES string of the molecule is N#Cc1ccccc1Cn1cc(/C=N\N2C(=O)[C@@H]3C4c5ccccc5C(c5ccccc54)[C@@H]3C2=O)c2ccccc21. The molecule has 0 N–H and O–H groups in total. The second kappa shape index (κ2) is 8.87. The van der Waals surface area contributed by atoms with E-state index in [1.165, 1.54) is 0 Å². The maximum absolute atomic E-state index is 13.9. The molecule has 41 heavy (non-hydrogen) atoms. The Morgan fingerprint density at radius 2 is 1.27 bits per heavy atom. The molecule has 196 valence electrons. The monoisotopic (exact) mass is 532 g/mol. The highest BCUT2D eigenvalue weighted by atomic mass is 16.2. The van der Waals surface area contributed by atoms with Crippen molar-refractivity contribution in [3.05, 3.63) is 142 Å². The smallest absolute Gasteiger partial charge is 0.254 e. The van der Waals surface area contributed by atoms with Crippen molar-refractivity contribution < 1.29 is 9.59 Å². The third-order valence-electron chi connectivity index (χ3n) is 9.04. The molecule has 0 radical (unpaired) electrons. The summed E-state index contributed by atoms with van der Waals surface area (Å²) < 4.78 is 2.08. The average molecular weight is 533 g/mol. The summed E-state index contributed by atoms with van der Waals surface area (Å²) in [4.78, 5) is 27.8. The molecule has 0 spiro atoms. The summed E-state index contributed by atoms with van der Waals surface area (Å²) >= 11 is 0. The number of carbonyl (C=O) groups is 2. The molecule has 4 aromatic carbocycles. The summed E-state index contributed by atoms with van der Waals surface area (Å²) in [5.74, 6) is -1.70. The molecule has 0 saturated carbocycles. The fourth-order valence-electron chi connectivity index (χ4n) is 7.35. The van der Waals surface area contributed by atoms with E-state index in [4.69, 9.17) is 0 Å². The third-order valence-corrected chi connectivity index (χ3v) is 9.04. The Balaban J connectivity index is 1.17. The Morgan fingerprint density at radius 3 is 1.88 bits per heavy atom. The molecule has 6 heteroatoms. The number of imide groups is 1. The van der Waals surface area contributed by atoms with E-state index in [1.54, 1.807) is 6.21 Å². The fourth-order valence-corrected chi connectivity index (χ4v) is 7.35. The molecule has 1 aliphatic heterocycles. The number of hydrogen-bond donors (Lipinski definition) is 0. The molecular formula is C35H24N4O2. The number of hydrazone groups is 1. The topological polar surface area (TPSA) is 78.5 Å². The molecule has 5 aromatic rings. The van der Waals surface area contributed by atoms with Crippen LogP contribution in [0.25, 0.3) is 10.9 Å². The maximum atomic E-state index is 13.9. The molecule has 2 atom stereocenters. The van der Waals surface area contributed by atoms with Crippen molar-refractivity contribution in [2.75, 3.05) is 0 Å². The van der Waals surface area contributed by atoms with Crippen LogP contribution in [0.5, 0.6) is 0 Å². The summed E-state index contributed by atoms with van der Waals surface area (Å²) in [7, 11) is 0. The van der Waals surface area contributed by atoms with E-state index in [0.717, 1.165) is 49.3 Å². The zero-order valence-electron chi connectivity index (χ0n) is 22.0. The first-order valence-corrected chi connectivity index (χ1v) is 13.8. The average Bonchev–Trinajstić information content (AvgIpc) is 3.50. The van der Waals surface area contributed by atoms with Gasteiger partial charge in [0.2, 0.25) is 0 Å². The van der Waals surface area contributed by atoms with Gasteiger partial charge in [0.05, 0.1) is 29.7 Å². The lowest BCUT2D eigenvalue weighted by Gasteiger charge is -2.45. The molecule has 1 saturated heterocycles. The van der Waals surface area contributed by atoms with E-state index in [-0.39, 0.29) is 23.7 Å². The van der Waals surface area contributed by atoms with E-state index in [2.05, 4.69) is 40.0 Å². The molecule has 9 rings (SSSR count). The fraction of sp³-hybridized carbons (Fsp3) is 0.143. The lowest BCUT2D eigenvalue weighted by Crippen LogP contribution is -2.41. The van der Waals surface area contributed by atoms with Crippen LogP contribution in [0.4, 0.5) is 0 Å². The minimum atomic E-state index is -0.460. The number of rotatable bonds is 4. The van der Waals surface area contributed by atoms with Crippen LogP contribution in [0, 0.1) is 23.2 Å². The molecular weight excluding hydrogens is 508 g/mol. The van der Waals surface area contributed by atoms with Gasteiger partial charge in [0.25, 0.3) is 11.8 Å². The Bertz CT molecular complexity index is 1860. The van der Waals surface area contributed by atoms with Crippen molar-refractivity contribution in [2.24, 2.45) is 16.9 Å². The van der Waals surface area contributed by atoms with Crippen LogP contribution in [0.1, 0.15) is 50.8 Å². The molecule has 6 nitrogen and oxygen atoms in total. The Kier molecular flexibility index (Phi) is 5.10. The van der Waals surface area contributed by atoms with Crippen molar-refractivity contribution >= 4 is 28.9 Å². The van der Waals surface area contributed by atoms with Gasteiger partial charge in [0, 0.05) is 41.0 Å². The van der Waals surface area contributed by atoms with Crippen molar-refractivity contribution in [2.45, 2.75) is 18.4 Å². The Labute approximate surface area is 236 Å². The first kappa shape index (κ1) is 23.6. The van der Waals surface area contributed by atoms with Gasteiger partial charge in [-0.05, 0) is 39.9 Å². The lowest BCUT2D eigenvalue weighted by molar-refractivity contribution is -0.139. The van der Waals surface area contributed by atoms with E-state index in [9.17, 15) is 14.9 Å². The van der Waals surface area contributed by atoms with Gasteiger partial charge in [-0.1, -0.05) is 84.9 Å². The van der Waals surface area contributed by atoms with Crippen molar-refractivity contribution in [1.29, 1.82) is 5.26 Å². The van der Waals surface area contributed by atoms with Gasteiger partial charge >= 0.3 is 0 Å². The number of benzene rings is 4. The summed E-state index contributed by atoms with van der Waals surface area (Å²) in [6.07, 6.45) is 3.60. The lowest BCUT2D eigenvalue weighted by atomic mass is 9.55. The van der Waals surface area contributed by atoms with Gasteiger partial charge in [-0.2, -0.15) is 15.4 Å². The van der Waals surface area contributed by atoms with Gasteiger partial charge in [0.15, 0.2) is 0 Å². The minimum absolute atomic E-state index is 0.156. The molecule has 2 bridgehead atoms. The highest BCUT2D eigenvalue weighted by Gasteiger charge is 2.61. The highest BCUT2D eigenvalue weighted by molar-refractivity contribution is 6.09. The van der Waals surface area contributed by atoms with Crippen molar-refractivity contribution in [1.82, 2.24) is 9.58 Å². The van der Waals surface area contributed by atoms with E-state index in [1.807, 2.05) is 79.0 Å². The predicted molar refractivity (Wildman–Crippen MR) is 155 cm³/mol.